The molecule has 1 fully saturated rings. The standard InChI is InChI=1S/C24H26N2O7/c1-25(2)9-10-26-21(14-5-7-16(30-3)18(11-14)31-4)20(23(28)24(26)29)22(27)15-6-8-17-19(12-15)33-13-32-17/h5-8,11-12,21,27H,9-10,13H2,1-4H3. The average molecular weight is 454 g/mol. The van der Waals surface area contributed by atoms with Crippen molar-refractivity contribution in [3.8, 4) is 23.0 Å². The summed E-state index contributed by atoms with van der Waals surface area (Å²) in [5.41, 5.74) is 0.980. The zero-order chi connectivity index (χ0) is 23.7. The van der Waals surface area contributed by atoms with E-state index in [1.807, 2.05) is 19.0 Å². The zero-order valence-electron chi connectivity index (χ0n) is 19.0. The summed E-state index contributed by atoms with van der Waals surface area (Å²) in [5, 5.41) is 11.2. The van der Waals surface area contributed by atoms with Crippen LogP contribution in [0.15, 0.2) is 42.0 Å². The van der Waals surface area contributed by atoms with Gasteiger partial charge >= 0.3 is 0 Å². The predicted octanol–water partition coefficient (Wildman–Crippen LogP) is 2.42. The molecule has 4 rings (SSSR count). The number of Topliss-reactive ketones (excluding diaryl/α,β-unsaturated/α-hetero) is 1. The first-order valence-electron chi connectivity index (χ1n) is 10.4. The molecule has 2 heterocycles. The molecule has 0 aliphatic carbocycles. The minimum atomic E-state index is -0.796. The Hall–Kier alpha value is -3.72. The molecule has 9 heteroatoms. The van der Waals surface area contributed by atoms with Crippen LogP contribution in [0.2, 0.25) is 0 Å². The molecule has 1 atom stereocenters. The maximum absolute atomic E-state index is 13.1. The largest absolute Gasteiger partial charge is 0.507 e. The van der Waals surface area contributed by atoms with Crippen LogP contribution in [0.25, 0.3) is 5.76 Å². The summed E-state index contributed by atoms with van der Waals surface area (Å²) in [6.45, 7) is 0.926. The third-order valence-electron chi connectivity index (χ3n) is 5.70. The quantitative estimate of drug-likeness (QED) is 0.387. The molecule has 1 saturated heterocycles. The van der Waals surface area contributed by atoms with E-state index in [0.29, 0.717) is 47.2 Å². The third kappa shape index (κ3) is 4.07. The van der Waals surface area contributed by atoms with Crippen LogP contribution in [0.5, 0.6) is 23.0 Å². The molecule has 2 aliphatic rings. The number of likely N-dealkylation sites (tertiary alicyclic amines) is 1. The van der Waals surface area contributed by atoms with Gasteiger partial charge in [-0.3, -0.25) is 9.59 Å². The van der Waals surface area contributed by atoms with E-state index in [1.165, 1.54) is 19.1 Å². The summed E-state index contributed by atoms with van der Waals surface area (Å²) in [5.74, 6) is 0.290. The van der Waals surface area contributed by atoms with E-state index >= 15 is 0 Å². The van der Waals surface area contributed by atoms with Crippen molar-refractivity contribution in [1.29, 1.82) is 0 Å². The fourth-order valence-electron chi connectivity index (χ4n) is 3.99. The fourth-order valence-corrected chi connectivity index (χ4v) is 3.99. The second kappa shape index (κ2) is 9.03. The SMILES string of the molecule is COc1ccc(C2C(=C(O)c3ccc4c(c3)OCO4)C(=O)C(=O)N2CCN(C)C)cc1OC. The monoisotopic (exact) mass is 454 g/mol. The second-order valence-electron chi connectivity index (χ2n) is 7.98. The summed E-state index contributed by atoms with van der Waals surface area (Å²) in [6.07, 6.45) is 0. The highest BCUT2D eigenvalue weighted by molar-refractivity contribution is 6.46. The number of amides is 1. The van der Waals surface area contributed by atoms with E-state index in [2.05, 4.69) is 0 Å². The van der Waals surface area contributed by atoms with Crippen molar-refractivity contribution in [2.45, 2.75) is 6.04 Å². The van der Waals surface area contributed by atoms with Crippen LogP contribution in [0.3, 0.4) is 0 Å². The first kappa shape index (κ1) is 22.5. The van der Waals surface area contributed by atoms with Gasteiger partial charge in [0.15, 0.2) is 23.0 Å². The molecule has 2 aliphatic heterocycles. The number of methoxy groups -OCH3 is 2. The Bertz CT molecular complexity index is 1130. The van der Waals surface area contributed by atoms with Gasteiger partial charge in [-0.05, 0) is 50.0 Å². The number of likely N-dealkylation sites (N-methyl/N-ethyl adjacent to an activating group) is 1. The molecule has 0 radical (unpaired) electrons. The second-order valence-corrected chi connectivity index (χ2v) is 7.98. The van der Waals surface area contributed by atoms with Crippen molar-refractivity contribution in [2.24, 2.45) is 0 Å². The normalized spacial score (nSPS) is 18.8. The number of rotatable bonds is 7. The number of carbonyl (C=O) groups excluding carboxylic acids is 2. The van der Waals surface area contributed by atoms with Gasteiger partial charge in [-0.25, -0.2) is 0 Å². The first-order chi connectivity index (χ1) is 15.8. The number of aliphatic hydroxyl groups excluding tert-OH is 1. The van der Waals surface area contributed by atoms with Crippen LogP contribution in [-0.2, 0) is 9.59 Å². The summed E-state index contributed by atoms with van der Waals surface area (Å²) < 4.78 is 21.5. The maximum Gasteiger partial charge on any atom is 0.295 e. The molecule has 0 aromatic heterocycles. The summed E-state index contributed by atoms with van der Waals surface area (Å²) in [6, 6.07) is 9.26. The Morgan fingerprint density at radius 3 is 2.48 bits per heavy atom. The Kier molecular flexibility index (Phi) is 6.15. The van der Waals surface area contributed by atoms with Crippen LogP contribution >= 0.6 is 0 Å². The van der Waals surface area contributed by atoms with Crippen molar-refractivity contribution in [3.05, 3.63) is 53.1 Å². The number of carbonyl (C=O) groups is 2. The zero-order valence-corrected chi connectivity index (χ0v) is 19.0. The third-order valence-corrected chi connectivity index (χ3v) is 5.70. The smallest absolute Gasteiger partial charge is 0.295 e. The van der Waals surface area contributed by atoms with Crippen molar-refractivity contribution in [2.75, 3.05) is 48.2 Å². The Morgan fingerprint density at radius 1 is 1.06 bits per heavy atom. The van der Waals surface area contributed by atoms with Gasteiger partial charge in [0.05, 0.1) is 25.8 Å². The van der Waals surface area contributed by atoms with Crippen molar-refractivity contribution < 1.29 is 33.6 Å². The van der Waals surface area contributed by atoms with Gasteiger partial charge in [0.25, 0.3) is 11.7 Å². The lowest BCUT2D eigenvalue weighted by atomic mass is 9.95. The molecular weight excluding hydrogens is 428 g/mol. The van der Waals surface area contributed by atoms with E-state index in [9.17, 15) is 14.7 Å². The molecule has 2 aromatic rings. The number of fused-ring (bicyclic) bond motifs is 1. The lowest BCUT2D eigenvalue weighted by molar-refractivity contribution is -0.140. The van der Waals surface area contributed by atoms with E-state index in [4.69, 9.17) is 18.9 Å². The molecule has 174 valence electrons. The minimum absolute atomic E-state index is 0.00448. The molecule has 1 amide bonds. The predicted molar refractivity (Wildman–Crippen MR) is 120 cm³/mol. The summed E-state index contributed by atoms with van der Waals surface area (Å²) >= 11 is 0. The number of aliphatic hydroxyl groups is 1. The molecule has 33 heavy (non-hydrogen) atoms. The number of benzene rings is 2. The highest BCUT2D eigenvalue weighted by Crippen LogP contribution is 2.43. The van der Waals surface area contributed by atoms with Crippen LogP contribution in [0.1, 0.15) is 17.2 Å². The van der Waals surface area contributed by atoms with E-state index in [0.717, 1.165) is 0 Å². The van der Waals surface area contributed by atoms with Crippen LogP contribution in [0.4, 0.5) is 0 Å². The van der Waals surface area contributed by atoms with Crippen LogP contribution < -0.4 is 18.9 Å². The number of hydrogen-bond donors (Lipinski definition) is 1. The molecule has 0 saturated carbocycles. The fraction of sp³-hybridized carbons (Fsp3) is 0.333. The molecular formula is C24H26N2O7. The Morgan fingerprint density at radius 2 is 1.79 bits per heavy atom. The van der Waals surface area contributed by atoms with Gasteiger partial charge in [0.2, 0.25) is 6.79 Å². The van der Waals surface area contributed by atoms with Crippen LogP contribution in [0, 0.1) is 0 Å². The van der Waals surface area contributed by atoms with E-state index < -0.39 is 17.7 Å². The molecule has 1 N–H and O–H groups in total. The molecule has 1 unspecified atom stereocenters. The van der Waals surface area contributed by atoms with Crippen molar-refractivity contribution >= 4 is 17.4 Å². The molecule has 0 bridgehead atoms. The van der Waals surface area contributed by atoms with Gasteiger partial charge in [-0.15, -0.1) is 0 Å². The van der Waals surface area contributed by atoms with Gasteiger partial charge in [-0.2, -0.15) is 0 Å². The summed E-state index contributed by atoms with van der Waals surface area (Å²) in [4.78, 5) is 29.6. The average Bonchev–Trinajstić information content (AvgIpc) is 3.38. The Labute approximate surface area is 191 Å². The molecule has 0 spiro atoms. The van der Waals surface area contributed by atoms with Gasteiger partial charge in [0.1, 0.15) is 5.76 Å². The number of hydrogen-bond acceptors (Lipinski definition) is 8. The Balaban J connectivity index is 1.85. The van der Waals surface area contributed by atoms with Gasteiger partial charge in [0, 0.05) is 18.7 Å². The highest BCUT2D eigenvalue weighted by Gasteiger charge is 2.46. The van der Waals surface area contributed by atoms with E-state index in [-0.39, 0.29) is 18.1 Å². The highest BCUT2D eigenvalue weighted by atomic mass is 16.7. The summed E-state index contributed by atoms with van der Waals surface area (Å²) in [7, 11) is 6.81. The maximum atomic E-state index is 13.1. The number of nitrogens with zero attached hydrogens (tertiary/aromatic N) is 2. The lowest BCUT2D eigenvalue weighted by Crippen LogP contribution is -2.35. The van der Waals surface area contributed by atoms with Gasteiger partial charge < -0.3 is 33.9 Å². The van der Waals surface area contributed by atoms with Crippen molar-refractivity contribution in [1.82, 2.24) is 9.80 Å². The number of ketones is 1. The lowest BCUT2D eigenvalue weighted by Gasteiger charge is -2.27. The topological polar surface area (TPSA) is 97.8 Å². The van der Waals surface area contributed by atoms with E-state index in [1.54, 1.807) is 36.4 Å². The molecule has 2 aromatic carbocycles. The van der Waals surface area contributed by atoms with Crippen LogP contribution in [-0.4, -0.2) is 74.8 Å². The number of ether oxygens (including phenoxy) is 4. The van der Waals surface area contributed by atoms with Crippen molar-refractivity contribution in [3.63, 3.8) is 0 Å². The molecule has 9 nitrogen and oxygen atoms in total. The van der Waals surface area contributed by atoms with Gasteiger partial charge in [-0.1, -0.05) is 6.07 Å². The minimum Gasteiger partial charge on any atom is -0.507 e. The first-order valence-corrected chi connectivity index (χ1v) is 10.4.